The maximum Gasteiger partial charge on any atom is 0.272 e. The van der Waals surface area contributed by atoms with Crippen molar-refractivity contribution in [2.24, 2.45) is 7.05 Å². The Morgan fingerprint density at radius 2 is 1.81 bits per heavy atom. The highest BCUT2D eigenvalue weighted by atomic mass is 19.1. The van der Waals surface area contributed by atoms with Crippen LogP contribution in [-0.4, -0.2) is 34.0 Å². The molecule has 0 spiro atoms. The molecule has 0 aliphatic heterocycles. The fourth-order valence-corrected chi connectivity index (χ4v) is 5.32. The summed E-state index contributed by atoms with van der Waals surface area (Å²) >= 11 is 0. The summed E-state index contributed by atoms with van der Waals surface area (Å²) in [5, 5.41) is 3.65. The molecule has 186 valence electrons. The van der Waals surface area contributed by atoms with Crippen LogP contribution in [0.4, 0.5) is 4.39 Å². The van der Waals surface area contributed by atoms with Gasteiger partial charge in [-0.05, 0) is 31.0 Å². The smallest absolute Gasteiger partial charge is 0.272 e. The lowest BCUT2D eigenvalue weighted by Gasteiger charge is -2.23. The van der Waals surface area contributed by atoms with Crippen molar-refractivity contribution in [1.29, 1.82) is 0 Å². The van der Waals surface area contributed by atoms with Gasteiger partial charge in [-0.15, -0.1) is 0 Å². The van der Waals surface area contributed by atoms with E-state index in [0.717, 1.165) is 32.1 Å². The number of rotatable bonds is 6. The number of nitrogens with zero attached hydrogens (tertiary/aromatic N) is 2. The number of hydrogen-bond acceptors (Lipinski definition) is 4. The molecule has 1 saturated carbocycles. The molecule has 1 aliphatic rings. The predicted octanol–water partition coefficient (Wildman–Crippen LogP) is 4.59. The average Bonchev–Trinajstić information content (AvgIpc) is 3.20. The summed E-state index contributed by atoms with van der Waals surface area (Å²) in [6.45, 7) is -0.234. The number of aryl methyl sites for hydroxylation is 1. The Kier molecular flexibility index (Phi) is 6.35. The van der Waals surface area contributed by atoms with Crippen LogP contribution >= 0.6 is 0 Å². The van der Waals surface area contributed by atoms with E-state index in [4.69, 9.17) is 4.74 Å². The first-order valence-electron chi connectivity index (χ1n) is 12.2. The van der Waals surface area contributed by atoms with Crippen LogP contribution in [0.25, 0.3) is 21.8 Å². The number of carbonyl (C=O) groups is 2. The highest BCUT2D eigenvalue weighted by Crippen LogP contribution is 2.35. The molecule has 8 heteroatoms. The van der Waals surface area contributed by atoms with Crippen molar-refractivity contribution >= 4 is 33.5 Å². The van der Waals surface area contributed by atoms with Gasteiger partial charge in [-0.1, -0.05) is 49.6 Å². The lowest BCUT2D eigenvalue weighted by molar-refractivity contribution is 0.0915. The molecule has 1 N–H and O–H groups in total. The molecule has 36 heavy (non-hydrogen) atoms. The van der Waals surface area contributed by atoms with Crippen LogP contribution in [0, 0.1) is 5.82 Å². The molecule has 0 atom stereocenters. The van der Waals surface area contributed by atoms with Gasteiger partial charge in [-0.25, -0.2) is 4.39 Å². The van der Waals surface area contributed by atoms with E-state index in [1.165, 1.54) is 29.9 Å². The third-order valence-corrected chi connectivity index (χ3v) is 7.07. The van der Waals surface area contributed by atoms with Gasteiger partial charge in [-0.2, -0.15) is 0 Å². The minimum absolute atomic E-state index is 0.0586. The van der Waals surface area contributed by atoms with Crippen molar-refractivity contribution in [3.63, 3.8) is 0 Å². The van der Waals surface area contributed by atoms with Crippen molar-refractivity contribution in [2.45, 2.75) is 44.7 Å². The van der Waals surface area contributed by atoms with Crippen LogP contribution in [0.15, 0.2) is 53.3 Å². The molecule has 0 saturated heterocycles. The molecule has 2 aromatic carbocycles. The van der Waals surface area contributed by atoms with E-state index in [1.807, 2.05) is 6.07 Å². The number of halogens is 1. The molecule has 0 radical (unpaired) electrons. The van der Waals surface area contributed by atoms with Gasteiger partial charge in [-0.3, -0.25) is 19.0 Å². The molecule has 0 unspecified atom stereocenters. The molecule has 1 aliphatic carbocycles. The Balaban J connectivity index is 1.71. The summed E-state index contributed by atoms with van der Waals surface area (Å²) in [4.78, 5) is 40.3. The summed E-state index contributed by atoms with van der Waals surface area (Å²) in [7, 11) is 3.07. The van der Waals surface area contributed by atoms with Crippen LogP contribution in [0.5, 0.6) is 5.75 Å². The zero-order valence-electron chi connectivity index (χ0n) is 20.3. The van der Waals surface area contributed by atoms with Gasteiger partial charge in [0.05, 0.1) is 24.7 Å². The summed E-state index contributed by atoms with van der Waals surface area (Å²) in [6.07, 6.45) is 5.08. The molecule has 1 amide bonds. The standard InChI is InChI=1S/C28H28FN3O4/c1-31-24-20-15-18(29)13-14-21(20)32(16-22(33)17-9-5-3-6-10-17)28(35)23(24)26(36-2)25(31)27(34)30-19-11-7-4-8-12-19/h3,5-6,9-10,13-15,19H,4,7-8,11-12,16H2,1-2H3,(H,30,34). The third-order valence-electron chi connectivity index (χ3n) is 7.07. The minimum Gasteiger partial charge on any atom is -0.493 e. The number of pyridine rings is 1. The fourth-order valence-electron chi connectivity index (χ4n) is 5.32. The van der Waals surface area contributed by atoms with Gasteiger partial charge in [0, 0.05) is 24.0 Å². The Bertz CT molecular complexity index is 1530. The zero-order chi connectivity index (χ0) is 25.4. The maximum absolute atomic E-state index is 14.4. The van der Waals surface area contributed by atoms with E-state index in [1.54, 1.807) is 35.9 Å². The first-order chi connectivity index (χ1) is 17.4. The van der Waals surface area contributed by atoms with Crippen LogP contribution in [0.1, 0.15) is 53.0 Å². The zero-order valence-corrected chi connectivity index (χ0v) is 20.3. The number of nitrogens with one attached hydrogen (secondary N) is 1. The van der Waals surface area contributed by atoms with Crippen LogP contribution in [-0.2, 0) is 13.6 Å². The molecule has 4 aromatic rings. The van der Waals surface area contributed by atoms with Gasteiger partial charge in [0.15, 0.2) is 17.2 Å². The van der Waals surface area contributed by atoms with E-state index >= 15 is 0 Å². The quantitative estimate of drug-likeness (QED) is 0.402. The largest absolute Gasteiger partial charge is 0.493 e. The second kappa shape index (κ2) is 9.60. The molecule has 5 rings (SSSR count). The Hall–Kier alpha value is -3.94. The molecule has 2 heterocycles. The van der Waals surface area contributed by atoms with Crippen molar-refractivity contribution in [3.05, 3.63) is 76.0 Å². The lowest BCUT2D eigenvalue weighted by atomic mass is 9.95. The maximum atomic E-state index is 14.4. The number of hydrogen-bond donors (Lipinski definition) is 1. The summed E-state index contributed by atoms with van der Waals surface area (Å²) in [6, 6.07) is 12.8. The normalized spacial score (nSPS) is 14.3. The molecule has 1 fully saturated rings. The number of ketones is 1. The Morgan fingerprint density at radius 3 is 2.50 bits per heavy atom. The van der Waals surface area contributed by atoms with Gasteiger partial charge in [0.1, 0.15) is 11.2 Å². The highest BCUT2D eigenvalue weighted by Gasteiger charge is 2.29. The molecular weight excluding hydrogens is 461 g/mol. The number of amides is 1. The van der Waals surface area contributed by atoms with Crippen molar-refractivity contribution in [2.75, 3.05) is 7.11 Å². The minimum atomic E-state index is -0.489. The average molecular weight is 490 g/mol. The second-order valence-corrected chi connectivity index (χ2v) is 9.31. The van der Waals surface area contributed by atoms with Crippen LogP contribution in [0.3, 0.4) is 0 Å². The molecule has 7 nitrogen and oxygen atoms in total. The molecular formula is C28H28FN3O4. The van der Waals surface area contributed by atoms with E-state index < -0.39 is 11.4 Å². The molecule has 0 bridgehead atoms. The number of ether oxygens (including phenoxy) is 1. The van der Waals surface area contributed by atoms with Gasteiger partial charge < -0.3 is 14.6 Å². The number of benzene rings is 2. The van der Waals surface area contributed by atoms with E-state index in [2.05, 4.69) is 5.32 Å². The van der Waals surface area contributed by atoms with E-state index in [9.17, 15) is 18.8 Å². The number of fused-ring (bicyclic) bond motifs is 3. The van der Waals surface area contributed by atoms with E-state index in [0.29, 0.717) is 22.0 Å². The second-order valence-electron chi connectivity index (χ2n) is 9.31. The summed E-state index contributed by atoms with van der Waals surface area (Å²) < 4.78 is 23.0. The van der Waals surface area contributed by atoms with Crippen LogP contribution < -0.4 is 15.6 Å². The fraction of sp³-hybridized carbons (Fsp3) is 0.321. The van der Waals surface area contributed by atoms with Crippen LogP contribution in [0.2, 0.25) is 0 Å². The topological polar surface area (TPSA) is 82.3 Å². The van der Waals surface area contributed by atoms with Crippen molar-refractivity contribution in [3.8, 4) is 5.75 Å². The monoisotopic (exact) mass is 489 g/mol. The number of Topliss-reactive ketones (excluding diaryl/α,β-unsaturated/α-hetero) is 1. The Morgan fingerprint density at radius 1 is 1.08 bits per heavy atom. The number of aromatic nitrogens is 2. The predicted molar refractivity (Wildman–Crippen MR) is 136 cm³/mol. The van der Waals surface area contributed by atoms with Gasteiger partial charge >= 0.3 is 0 Å². The van der Waals surface area contributed by atoms with Crippen molar-refractivity contribution < 1.29 is 18.7 Å². The summed E-state index contributed by atoms with van der Waals surface area (Å²) in [5.41, 5.74) is 0.988. The Labute approximate surface area is 207 Å². The lowest BCUT2D eigenvalue weighted by Crippen LogP contribution is -2.37. The first kappa shape index (κ1) is 23.8. The highest BCUT2D eigenvalue weighted by molar-refractivity contribution is 6.12. The third kappa shape index (κ3) is 4.06. The van der Waals surface area contributed by atoms with Gasteiger partial charge in [0.2, 0.25) is 0 Å². The summed E-state index contributed by atoms with van der Waals surface area (Å²) in [5.74, 6) is -0.962. The van der Waals surface area contributed by atoms with E-state index in [-0.39, 0.29) is 41.1 Å². The molecule has 2 aromatic heterocycles. The number of methoxy groups -OCH3 is 1. The first-order valence-corrected chi connectivity index (χ1v) is 12.2. The van der Waals surface area contributed by atoms with Gasteiger partial charge in [0.25, 0.3) is 11.5 Å². The SMILES string of the molecule is COc1c(C(=O)NC2CCCCC2)n(C)c2c1c(=O)n(CC(=O)c1ccccc1)c1ccc(F)cc21. The van der Waals surface area contributed by atoms with Crippen molar-refractivity contribution in [1.82, 2.24) is 14.5 Å². The number of carbonyl (C=O) groups excluding carboxylic acids is 2.